The van der Waals surface area contributed by atoms with Gasteiger partial charge in [0.2, 0.25) is 5.91 Å². The molecule has 0 unspecified atom stereocenters. The molecule has 0 atom stereocenters. The van der Waals surface area contributed by atoms with E-state index in [-0.39, 0.29) is 5.91 Å². The molecule has 5 heteroatoms. The Morgan fingerprint density at radius 3 is 2.57 bits per heavy atom. The second kappa shape index (κ2) is 7.24. The molecular formula is C18H16BrN3O. The summed E-state index contributed by atoms with van der Waals surface area (Å²) in [6.07, 6.45) is 2.94. The van der Waals surface area contributed by atoms with Gasteiger partial charge in [-0.05, 0) is 30.2 Å². The number of nitrogens with zero attached hydrogens (tertiary/aromatic N) is 2. The fourth-order valence-electron chi connectivity index (χ4n) is 2.27. The maximum absolute atomic E-state index is 12.1. The van der Waals surface area contributed by atoms with Crippen molar-refractivity contribution in [2.75, 3.05) is 5.32 Å². The Hall–Kier alpha value is -2.40. The summed E-state index contributed by atoms with van der Waals surface area (Å²) in [6.45, 7) is 0. The highest BCUT2D eigenvalue weighted by Crippen LogP contribution is 2.17. The summed E-state index contributed by atoms with van der Waals surface area (Å²) in [5.41, 5.74) is 2.08. The van der Waals surface area contributed by atoms with E-state index >= 15 is 0 Å². The molecule has 3 rings (SSSR count). The van der Waals surface area contributed by atoms with Gasteiger partial charge in [0, 0.05) is 23.2 Å². The van der Waals surface area contributed by atoms with Gasteiger partial charge in [-0.15, -0.1) is 0 Å². The molecule has 1 amide bonds. The SMILES string of the molecule is O=C(CCc1ccccc1Br)Nc1ccn(-c2ccccc2)n1. The molecule has 0 spiro atoms. The Balaban J connectivity index is 1.58. The number of anilines is 1. The first-order chi connectivity index (χ1) is 11.2. The van der Waals surface area contributed by atoms with Crippen LogP contribution in [0.2, 0.25) is 0 Å². The summed E-state index contributed by atoms with van der Waals surface area (Å²) in [5.74, 6) is 0.519. The Labute approximate surface area is 143 Å². The summed E-state index contributed by atoms with van der Waals surface area (Å²) in [4.78, 5) is 12.1. The smallest absolute Gasteiger partial charge is 0.225 e. The molecule has 2 aromatic carbocycles. The van der Waals surface area contributed by atoms with Crippen LogP contribution in [0.25, 0.3) is 5.69 Å². The third-order valence-electron chi connectivity index (χ3n) is 3.46. The molecule has 1 N–H and O–H groups in total. The van der Waals surface area contributed by atoms with E-state index < -0.39 is 0 Å². The standard InChI is InChI=1S/C18H16BrN3O/c19-16-9-5-4-6-14(16)10-11-18(23)20-17-12-13-22(21-17)15-7-2-1-3-8-15/h1-9,12-13H,10-11H2,(H,20,21,23). The monoisotopic (exact) mass is 369 g/mol. The van der Waals surface area contributed by atoms with E-state index in [4.69, 9.17) is 0 Å². The Morgan fingerprint density at radius 1 is 1.04 bits per heavy atom. The van der Waals surface area contributed by atoms with Crippen molar-refractivity contribution in [2.45, 2.75) is 12.8 Å². The van der Waals surface area contributed by atoms with E-state index in [1.54, 1.807) is 10.7 Å². The number of hydrogen-bond donors (Lipinski definition) is 1. The first kappa shape index (κ1) is 15.5. The zero-order valence-electron chi connectivity index (χ0n) is 12.4. The lowest BCUT2D eigenvalue weighted by molar-refractivity contribution is -0.116. The van der Waals surface area contributed by atoms with Gasteiger partial charge in [0.25, 0.3) is 0 Å². The maximum Gasteiger partial charge on any atom is 0.225 e. The van der Waals surface area contributed by atoms with Crippen molar-refractivity contribution in [3.05, 3.63) is 76.9 Å². The molecule has 0 aliphatic carbocycles. The highest BCUT2D eigenvalue weighted by atomic mass is 79.9. The number of carbonyl (C=O) groups excluding carboxylic acids is 1. The number of aromatic nitrogens is 2. The average molecular weight is 370 g/mol. The zero-order chi connectivity index (χ0) is 16.1. The third-order valence-corrected chi connectivity index (χ3v) is 4.23. The van der Waals surface area contributed by atoms with E-state index in [0.29, 0.717) is 18.7 Å². The van der Waals surface area contributed by atoms with Gasteiger partial charge >= 0.3 is 0 Å². The number of nitrogens with one attached hydrogen (secondary N) is 1. The summed E-state index contributed by atoms with van der Waals surface area (Å²) in [5, 5.41) is 7.20. The third kappa shape index (κ3) is 4.07. The molecule has 1 heterocycles. The lowest BCUT2D eigenvalue weighted by Gasteiger charge is -2.05. The number of aryl methyl sites for hydroxylation is 1. The molecule has 0 aliphatic heterocycles. The van der Waals surface area contributed by atoms with Crippen molar-refractivity contribution in [1.82, 2.24) is 9.78 Å². The predicted molar refractivity (Wildman–Crippen MR) is 94.7 cm³/mol. The van der Waals surface area contributed by atoms with Crippen LogP contribution in [0.1, 0.15) is 12.0 Å². The van der Waals surface area contributed by atoms with E-state index in [1.807, 2.05) is 60.8 Å². The van der Waals surface area contributed by atoms with Gasteiger partial charge in [0.1, 0.15) is 0 Å². The number of halogens is 1. The lowest BCUT2D eigenvalue weighted by atomic mass is 10.1. The van der Waals surface area contributed by atoms with Crippen molar-refractivity contribution in [3.63, 3.8) is 0 Å². The van der Waals surface area contributed by atoms with Crippen LogP contribution in [-0.2, 0) is 11.2 Å². The predicted octanol–water partition coefficient (Wildman–Crippen LogP) is 4.21. The van der Waals surface area contributed by atoms with Crippen molar-refractivity contribution in [2.24, 2.45) is 0 Å². The second-order valence-electron chi connectivity index (χ2n) is 5.12. The quantitative estimate of drug-likeness (QED) is 0.732. The Kier molecular flexibility index (Phi) is 4.88. The van der Waals surface area contributed by atoms with Gasteiger partial charge in [0.15, 0.2) is 5.82 Å². The molecule has 23 heavy (non-hydrogen) atoms. The number of hydrogen-bond acceptors (Lipinski definition) is 2. The largest absolute Gasteiger partial charge is 0.309 e. The van der Waals surface area contributed by atoms with Gasteiger partial charge in [-0.3, -0.25) is 4.79 Å². The minimum Gasteiger partial charge on any atom is -0.309 e. The fraction of sp³-hybridized carbons (Fsp3) is 0.111. The molecule has 1 aromatic heterocycles. The van der Waals surface area contributed by atoms with E-state index in [2.05, 4.69) is 26.3 Å². The zero-order valence-corrected chi connectivity index (χ0v) is 14.0. The van der Waals surface area contributed by atoms with Gasteiger partial charge in [-0.2, -0.15) is 5.10 Å². The van der Waals surface area contributed by atoms with Gasteiger partial charge in [-0.1, -0.05) is 52.3 Å². The number of carbonyl (C=O) groups is 1. The first-order valence-corrected chi connectivity index (χ1v) is 8.16. The molecule has 4 nitrogen and oxygen atoms in total. The van der Waals surface area contributed by atoms with Crippen LogP contribution in [0.5, 0.6) is 0 Å². The van der Waals surface area contributed by atoms with Crippen molar-refractivity contribution < 1.29 is 4.79 Å². The summed E-state index contributed by atoms with van der Waals surface area (Å²) >= 11 is 3.50. The van der Waals surface area contributed by atoms with Crippen molar-refractivity contribution in [1.29, 1.82) is 0 Å². The average Bonchev–Trinajstić information content (AvgIpc) is 3.03. The highest BCUT2D eigenvalue weighted by Gasteiger charge is 2.07. The van der Waals surface area contributed by atoms with Gasteiger partial charge in [-0.25, -0.2) is 4.68 Å². The first-order valence-electron chi connectivity index (χ1n) is 7.37. The summed E-state index contributed by atoms with van der Waals surface area (Å²) in [7, 11) is 0. The molecule has 0 fully saturated rings. The van der Waals surface area contributed by atoms with Gasteiger partial charge in [0.05, 0.1) is 5.69 Å². The maximum atomic E-state index is 12.1. The molecule has 0 aliphatic rings. The number of rotatable bonds is 5. The number of para-hydroxylation sites is 1. The minimum atomic E-state index is -0.0425. The van der Waals surface area contributed by atoms with Crippen LogP contribution >= 0.6 is 15.9 Å². The van der Waals surface area contributed by atoms with Crippen molar-refractivity contribution >= 4 is 27.7 Å². The fourth-order valence-corrected chi connectivity index (χ4v) is 2.75. The molecule has 0 bridgehead atoms. The normalized spacial score (nSPS) is 10.5. The van der Waals surface area contributed by atoms with Crippen LogP contribution < -0.4 is 5.32 Å². The van der Waals surface area contributed by atoms with Crippen LogP contribution in [-0.4, -0.2) is 15.7 Å². The Morgan fingerprint density at radius 2 is 1.78 bits per heavy atom. The minimum absolute atomic E-state index is 0.0425. The van der Waals surface area contributed by atoms with Crippen LogP contribution in [0.4, 0.5) is 5.82 Å². The number of amides is 1. The van der Waals surface area contributed by atoms with Crippen LogP contribution in [0.15, 0.2) is 71.3 Å². The Bertz CT molecular complexity index is 799. The molecule has 3 aromatic rings. The van der Waals surface area contributed by atoms with Crippen LogP contribution in [0.3, 0.4) is 0 Å². The molecule has 116 valence electrons. The second-order valence-corrected chi connectivity index (χ2v) is 5.98. The number of benzene rings is 2. The summed E-state index contributed by atoms with van der Waals surface area (Å²) in [6, 6.07) is 19.5. The molecular weight excluding hydrogens is 354 g/mol. The topological polar surface area (TPSA) is 46.9 Å². The highest BCUT2D eigenvalue weighted by molar-refractivity contribution is 9.10. The van der Waals surface area contributed by atoms with Crippen molar-refractivity contribution in [3.8, 4) is 5.69 Å². The van der Waals surface area contributed by atoms with Gasteiger partial charge < -0.3 is 5.32 Å². The lowest BCUT2D eigenvalue weighted by Crippen LogP contribution is -2.13. The van der Waals surface area contributed by atoms with Crippen LogP contribution in [0, 0.1) is 0 Å². The summed E-state index contributed by atoms with van der Waals surface area (Å²) < 4.78 is 2.77. The van der Waals surface area contributed by atoms with E-state index in [9.17, 15) is 4.79 Å². The molecule has 0 saturated heterocycles. The van der Waals surface area contributed by atoms with E-state index in [1.165, 1.54) is 0 Å². The van der Waals surface area contributed by atoms with E-state index in [0.717, 1.165) is 15.7 Å². The molecule has 0 saturated carbocycles. The molecule has 0 radical (unpaired) electrons.